The first-order chi connectivity index (χ1) is 9.98. The zero-order valence-corrected chi connectivity index (χ0v) is 13.1. The molecule has 1 aromatic carbocycles. The van der Waals surface area contributed by atoms with Crippen LogP contribution in [0.2, 0.25) is 0 Å². The van der Waals surface area contributed by atoms with Gasteiger partial charge in [0, 0.05) is 24.3 Å². The van der Waals surface area contributed by atoms with Crippen molar-refractivity contribution in [3.63, 3.8) is 0 Å². The van der Waals surface area contributed by atoms with Crippen LogP contribution in [0, 0.1) is 5.41 Å². The summed E-state index contributed by atoms with van der Waals surface area (Å²) in [4.78, 5) is 0. The number of aliphatic hydroxyl groups excluding tert-OH is 1. The Hall–Kier alpha value is -1.65. The van der Waals surface area contributed by atoms with Crippen molar-refractivity contribution in [2.75, 3.05) is 6.61 Å². The molecule has 2 rings (SSSR count). The fraction of sp³-hybridized carbons (Fsp3) is 0.471. The molecule has 4 heteroatoms. The molecule has 0 aliphatic heterocycles. The van der Waals surface area contributed by atoms with E-state index < -0.39 is 0 Å². The van der Waals surface area contributed by atoms with Gasteiger partial charge in [0.15, 0.2) is 0 Å². The van der Waals surface area contributed by atoms with E-state index in [9.17, 15) is 5.11 Å². The first-order valence-corrected chi connectivity index (χ1v) is 7.41. The van der Waals surface area contributed by atoms with Crippen molar-refractivity contribution in [1.29, 1.82) is 0 Å². The molecule has 1 aromatic heterocycles. The number of rotatable bonds is 6. The molecule has 0 aliphatic rings. The van der Waals surface area contributed by atoms with Gasteiger partial charge < -0.3 is 10.4 Å². The number of aromatic nitrogens is 2. The highest BCUT2D eigenvalue weighted by molar-refractivity contribution is 5.30. The summed E-state index contributed by atoms with van der Waals surface area (Å²) in [5.74, 6) is 0. The first-order valence-electron chi connectivity index (χ1n) is 7.41. The van der Waals surface area contributed by atoms with E-state index in [0.717, 1.165) is 17.7 Å². The number of nitrogens with zero attached hydrogens (tertiary/aromatic N) is 2. The molecule has 4 nitrogen and oxygen atoms in total. The Balaban J connectivity index is 1.94. The van der Waals surface area contributed by atoms with Crippen LogP contribution in [-0.2, 0) is 6.54 Å². The molecule has 114 valence electrons. The van der Waals surface area contributed by atoms with Gasteiger partial charge in [-0.1, -0.05) is 39.0 Å². The quantitative estimate of drug-likeness (QED) is 0.859. The van der Waals surface area contributed by atoms with Crippen LogP contribution in [-0.4, -0.2) is 27.5 Å². The van der Waals surface area contributed by atoms with Crippen molar-refractivity contribution in [1.82, 2.24) is 15.1 Å². The molecule has 0 aliphatic carbocycles. The number of nitrogens with one attached hydrogen (secondary N) is 1. The van der Waals surface area contributed by atoms with Crippen molar-refractivity contribution in [3.05, 3.63) is 48.3 Å². The van der Waals surface area contributed by atoms with Crippen LogP contribution < -0.4 is 5.32 Å². The Morgan fingerprint density at radius 3 is 2.57 bits per heavy atom. The largest absolute Gasteiger partial charge is 0.395 e. The van der Waals surface area contributed by atoms with Gasteiger partial charge in [-0.2, -0.15) is 5.10 Å². The molecule has 0 spiro atoms. The van der Waals surface area contributed by atoms with E-state index in [4.69, 9.17) is 0 Å². The zero-order valence-electron chi connectivity index (χ0n) is 13.1. The summed E-state index contributed by atoms with van der Waals surface area (Å²) < 4.78 is 1.87. The van der Waals surface area contributed by atoms with Crippen LogP contribution in [0.5, 0.6) is 0 Å². The maximum absolute atomic E-state index is 9.47. The highest BCUT2D eigenvalue weighted by Crippen LogP contribution is 2.20. The van der Waals surface area contributed by atoms with Gasteiger partial charge in [0.05, 0.1) is 18.5 Å². The molecule has 1 unspecified atom stereocenters. The maximum Gasteiger partial charge on any atom is 0.0645 e. The van der Waals surface area contributed by atoms with Gasteiger partial charge in [0.2, 0.25) is 0 Å². The van der Waals surface area contributed by atoms with Gasteiger partial charge in [-0.3, -0.25) is 0 Å². The molecule has 0 saturated carbocycles. The van der Waals surface area contributed by atoms with Crippen LogP contribution in [0.25, 0.3) is 5.69 Å². The summed E-state index contributed by atoms with van der Waals surface area (Å²) >= 11 is 0. The number of hydrogen-bond acceptors (Lipinski definition) is 3. The minimum absolute atomic E-state index is 0.116. The second-order valence-electron chi connectivity index (χ2n) is 6.65. The van der Waals surface area contributed by atoms with Crippen molar-refractivity contribution in [3.8, 4) is 5.69 Å². The summed E-state index contributed by atoms with van der Waals surface area (Å²) in [6.07, 6.45) is 4.83. The maximum atomic E-state index is 9.47. The Morgan fingerprint density at radius 2 is 1.95 bits per heavy atom. The van der Waals surface area contributed by atoms with Gasteiger partial charge in [-0.05, 0) is 24.0 Å². The zero-order chi connectivity index (χ0) is 15.3. The Labute approximate surface area is 126 Å². The van der Waals surface area contributed by atoms with Crippen LogP contribution >= 0.6 is 0 Å². The first kappa shape index (κ1) is 15.7. The van der Waals surface area contributed by atoms with Gasteiger partial charge in [-0.15, -0.1) is 0 Å². The van der Waals surface area contributed by atoms with Gasteiger partial charge >= 0.3 is 0 Å². The van der Waals surface area contributed by atoms with Crippen LogP contribution in [0.3, 0.4) is 0 Å². The van der Waals surface area contributed by atoms with E-state index >= 15 is 0 Å². The Kier molecular flexibility index (Phi) is 5.15. The van der Waals surface area contributed by atoms with E-state index in [2.05, 4.69) is 31.2 Å². The average Bonchev–Trinajstić information content (AvgIpc) is 2.92. The van der Waals surface area contributed by atoms with Crippen LogP contribution in [0.15, 0.2) is 42.7 Å². The van der Waals surface area contributed by atoms with E-state index in [0.29, 0.717) is 6.54 Å². The molecule has 0 fully saturated rings. The number of para-hydroxylation sites is 1. The van der Waals surface area contributed by atoms with Crippen molar-refractivity contribution >= 4 is 0 Å². The predicted octanol–water partition coefficient (Wildman–Crippen LogP) is 2.76. The second-order valence-corrected chi connectivity index (χ2v) is 6.65. The third-order valence-electron chi connectivity index (χ3n) is 3.33. The fourth-order valence-corrected chi connectivity index (χ4v) is 2.38. The lowest BCUT2D eigenvalue weighted by molar-refractivity contribution is 0.198. The van der Waals surface area contributed by atoms with Gasteiger partial charge in [-0.25, -0.2) is 4.68 Å². The SMILES string of the molecule is CC(C)(C)CC(CO)NCc1cnn(-c2ccccc2)c1. The summed E-state index contributed by atoms with van der Waals surface area (Å²) in [5, 5.41) is 17.2. The molecule has 0 bridgehead atoms. The smallest absolute Gasteiger partial charge is 0.0645 e. The molecule has 21 heavy (non-hydrogen) atoms. The lowest BCUT2D eigenvalue weighted by Gasteiger charge is -2.25. The van der Waals surface area contributed by atoms with Gasteiger partial charge in [0.25, 0.3) is 0 Å². The Bertz CT molecular complexity index is 543. The normalized spacial score (nSPS) is 13.3. The molecule has 0 amide bonds. The summed E-state index contributed by atoms with van der Waals surface area (Å²) in [5.41, 5.74) is 2.37. The molecule has 0 saturated heterocycles. The molecule has 1 atom stereocenters. The standard InChI is InChI=1S/C17H25N3O/c1-17(2,3)9-15(13-21)18-10-14-11-19-20(12-14)16-7-5-4-6-8-16/h4-8,11-12,15,18,21H,9-10,13H2,1-3H3. The number of hydrogen-bond donors (Lipinski definition) is 2. The lowest BCUT2D eigenvalue weighted by Crippen LogP contribution is -2.35. The average molecular weight is 287 g/mol. The third kappa shape index (κ3) is 4.99. The fourth-order valence-electron chi connectivity index (χ4n) is 2.38. The van der Waals surface area contributed by atoms with E-state index in [1.807, 2.05) is 47.4 Å². The highest BCUT2D eigenvalue weighted by Gasteiger charge is 2.17. The number of aliphatic hydroxyl groups is 1. The molecule has 2 aromatic rings. The van der Waals surface area contributed by atoms with Crippen molar-refractivity contribution in [2.24, 2.45) is 5.41 Å². The van der Waals surface area contributed by atoms with Crippen LogP contribution in [0.4, 0.5) is 0 Å². The molecular formula is C17H25N3O. The van der Waals surface area contributed by atoms with E-state index in [1.165, 1.54) is 0 Å². The van der Waals surface area contributed by atoms with Gasteiger partial charge in [0.1, 0.15) is 0 Å². The summed E-state index contributed by atoms with van der Waals surface area (Å²) in [6.45, 7) is 7.43. The highest BCUT2D eigenvalue weighted by atomic mass is 16.3. The topological polar surface area (TPSA) is 50.1 Å². The molecule has 1 heterocycles. The van der Waals surface area contributed by atoms with Crippen LogP contribution in [0.1, 0.15) is 32.8 Å². The third-order valence-corrected chi connectivity index (χ3v) is 3.33. The number of benzene rings is 1. The van der Waals surface area contributed by atoms with Crippen molar-refractivity contribution < 1.29 is 5.11 Å². The Morgan fingerprint density at radius 1 is 1.24 bits per heavy atom. The van der Waals surface area contributed by atoms with E-state index in [1.54, 1.807) is 0 Å². The second kappa shape index (κ2) is 6.87. The molecule has 2 N–H and O–H groups in total. The van der Waals surface area contributed by atoms with E-state index in [-0.39, 0.29) is 18.1 Å². The lowest BCUT2D eigenvalue weighted by atomic mass is 9.88. The summed E-state index contributed by atoms with van der Waals surface area (Å²) in [6, 6.07) is 10.2. The predicted molar refractivity (Wildman–Crippen MR) is 85.3 cm³/mol. The molecule has 0 radical (unpaired) electrons. The molecular weight excluding hydrogens is 262 g/mol. The summed E-state index contributed by atoms with van der Waals surface area (Å²) in [7, 11) is 0. The monoisotopic (exact) mass is 287 g/mol. The minimum atomic E-state index is 0.116. The van der Waals surface area contributed by atoms with Crippen molar-refractivity contribution in [2.45, 2.75) is 39.8 Å². The minimum Gasteiger partial charge on any atom is -0.395 e.